The fraction of sp³-hybridized carbons (Fsp3) is 0.636. The number of nitrogens with one attached hydrogen (secondary N) is 1. The molecular weight excluding hydrogens is 210 g/mol. The standard InChI is InChI=1S/C11H17NO2S/c1-13-11(4-5-14-9-11)8-12-7-10-3-2-6-15-10/h2-3,6,12H,4-5,7-9H2,1H3. The summed E-state index contributed by atoms with van der Waals surface area (Å²) in [5, 5.41) is 5.53. The molecule has 0 spiro atoms. The van der Waals surface area contributed by atoms with Crippen LogP contribution >= 0.6 is 11.3 Å². The van der Waals surface area contributed by atoms with Crippen molar-refractivity contribution in [2.45, 2.75) is 18.6 Å². The van der Waals surface area contributed by atoms with E-state index in [2.05, 4.69) is 22.8 Å². The fourth-order valence-electron chi connectivity index (χ4n) is 1.79. The van der Waals surface area contributed by atoms with Crippen LogP contribution in [0, 0.1) is 0 Å². The van der Waals surface area contributed by atoms with Crippen molar-refractivity contribution in [3.8, 4) is 0 Å². The lowest BCUT2D eigenvalue weighted by Crippen LogP contribution is -2.42. The lowest BCUT2D eigenvalue weighted by Gasteiger charge is -2.25. The maximum absolute atomic E-state index is 5.53. The SMILES string of the molecule is COC1(CNCc2cccs2)CCOC1. The normalized spacial score (nSPS) is 25.9. The first-order valence-corrected chi connectivity index (χ1v) is 6.09. The van der Waals surface area contributed by atoms with Gasteiger partial charge in [-0.25, -0.2) is 0 Å². The van der Waals surface area contributed by atoms with Crippen molar-refractivity contribution < 1.29 is 9.47 Å². The van der Waals surface area contributed by atoms with Crippen LogP contribution in [0.4, 0.5) is 0 Å². The van der Waals surface area contributed by atoms with Gasteiger partial charge in [-0.05, 0) is 11.4 Å². The number of thiophene rings is 1. The van der Waals surface area contributed by atoms with Crippen molar-refractivity contribution in [3.05, 3.63) is 22.4 Å². The first-order chi connectivity index (χ1) is 7.35. The molecule has 0 radical (unpaired) electrons. The topological polar surface area (TPSA) is 30.5 Å². The van der Waals surface area contributed by atoms with Gasteiger partial charge in [-0.1, -0.05) is 6.07 Å². The van der Waals surface area contributed by atoms with Gasteiger partial charge in [0, 0.05) is 38.1 Å². The summed E-state index contributed by atoms with van der Waals surface area (Å²) in [6.07, 6.45) is 0.987. The van der Waals surface area contributed by atoms with Gasteiger partial charge in [0.1, 0.15) is 5.60 Å². The molecule has 0 saturated carbocycles. The number of methoxy groups -OCH3 is 1. The Kier molecular flexibility index (Phi) is 3.75. The Hall–Kier alpha value is -0.420. The third kappa shape index (κ3) is 2.78. The molecule has 1 saturated heterocycles. The molecule has 1 N–H and O–H groups in total. The molecule has 2 rings (SSSR count). The summed E-state index contributed by atoms with van der Waals surface area (Å²) < 4.78 is 10.9. The van der Waals surface area contributed by atoms with Crippen LogP contribution in [0.5, 0.6) is 0 Å². The molecule has 1 aromatic rings. The molecule has 1 unspecified atom stereocenters. The minimum Gasteiger partial charge on any atom is -0.378 e. The Balaban J connectivity index is 1.77. The van der Waals surface area contributed by atoms with Crippen LogP contribution < -0.4 is 5.32 Å². The van der Waals surface area contributed by atoms with Crippen molar-refractivity contribution in [1.82, 2.24) is 5.32 Å². The summed E-state index contributed by atoms with van der Waals surface area (Å²) in [6, 6.07) is 4.22. The third-order valence-corrected chi connectivity index (χ3v) is 3.70. The third-order valence-electron chi connectivity index (χ3n) is 2.83. The van der Waals surface area contributed by atoms with Crippen molar-refractivity contribution in [2.24, 2.45) is 0 Å². The molecule has 1 fully saturated rings. The summed E-state index contributed by atoms with van der Waals surface area (Å²) in [5.41, 5.74) is -0.0999. The van der Waals surface area contributed by atoms with Crippen LogP contribution in [0.25, 0.3) is 0 Å². The number of rotatable bonds is 5. The monoisotopic (exact) mass is 227 g/mol. The van der Waals surface area contributed by atoms with E-state index in [1.807, 2.05) is 0 Å². The van der Waals surface area contributed by atoms with Crippen molar-refractivity contribution >= 4 is 11.3 Å². The van der Waals surface area contributed by atoms with Gasteiger partial charge in [-0.15, -0.1) is 11.3 Å². The quantitative estimate of drug-likeness (QED) is 0.829. The van der Waals surface area contributed by atoms with Gasteiger partial charge >= 0.3 is 0 Å². The second-order valence-corrected chi connectivity index (χ2v) is 4.90. The van der Waals surface area contributed by atoms with Gasteiger partial charge in [0.05, 0.1) is 6.61 Å². The molecule has 84 valence electrons. The van der Waals surface area contributed by atoms with Crippen LogP contribution in [-0.4, -0.2) is 32.5 Å². The molecule has 3 nitrogen and oxygen atoms in total. The average Bonchev–Trinajstić information content (AvgIpc) is 2.89. The summed E-state index contributed by atoms with van der Waals surface area (Å²) >= 11 is 1.78. The molecule has 1 aliphatic rings. The smallest absolute Gasteiger partial charge is 0.106 e. The van der Waals surface area contributed by atoms with E-state index >= 15 is 0 Å². The molecule has 1 atom stereocenters. The number of hydrogen-bond acceptors (Lipinski definition) is 4. The van der Waals surface area contributed by atoms with E-state index in [0.717, 1.165) is 26.1 Å². The molecule has 1 aliphatic heterocycles. The van der Waals surface area contributed by atoms with E-state index in [1.54, 1.807) is 18.4 Å². The van der Waals surface area contributed by atoms with Gasteiger partial charge in [0.15, 0.2) is 0 Å². The minimum atomic E-state index is -0.0999. The van der Waals surface area contributed by atoms with Gasteiger partial charge in [0.2, 0.25) is 0 Å². The first-order valence-electron chi connectivity index (χ1n) is 5.21. The Morgan fingerprint density at radius 1 is 1.67 bits per heavy atom. The Labute approximate surface area is 94.4 Å². The highest BCUT2D eigenvalue weighted by Crippen LogP contribution is 2.21. The van der Waals surface area contributed by atoms with E-state index in [0.29, 0.717) is 6.61 Å². The zero-order valence-electron chi connectivity index (χ0n) is 8.99. The molecular formula is C11H17NO2S. The number of ether oxygens (including phenoxy) is 2. The summed E-state index contributed by atoms with van der Waals surface area (Å²) in [5.74, 6) is 0. The lowest BCUT2D eigenvalue weighted by atomic mass is 10.0. The summed E-state index contributed by atoms with van der Waals surface area (Å²) in [6.45, 7) is 3.31. The van der Waals surface area contributed by atoms with E-state index in [-0.39, 0.29) is 5.60 Å². The van der Waals surface area contributed by atoms with Crippen LogP contribution in [-0.2, 0) is 16.0 Å². The van der Waals surface area contributed by atoms with Gasteiger partial charge < -0.3 is 14.8 Å². The molecule has 0 aliphatic carbocycles. The number of hydrogen-bond donors (Lipinski definition) is 1. The lowest BCUT2D eigenvalue weighted by molar-refractivity contribution is -0.0158. The van der Waals surface area contributed by atoms with E-state index in [1.165, 1.54) is 4.88 Å². The van der Waals surface area contributed by atoms with Gasteiger partial charge in [-0.3, -0.25) is 0 Å². The van der Waals surface area contributed by atoms with Gasteiger partial charge in [-0.2, -0.15) is 0 Å². The predicted molar refractivity (Wildman–Crippen MR) is 61.2 cm³/mol. The maximum atomic E-state index is 5.53. The highest BCUT2D eigenvalue weighted by atomic mass is 32.1. The molecule has 0 bridgehead atoms. The van der Waals surface area contributed by atoms with Crippen LogP contribution in [0.1, 0.15) is 11.3 Å². The molecule has 1 aromatic heterocycles. The maximum Gasteiger partial charge on any atom is 0.106 e. The molecule has 15 heavy (non-hydrogen) atoms. The highest BCUT2D eigenvalue weighted by molar-refractivity contribution is 7.09. The van der Waals surface area contributed by atoms with Gasteiger partial charge in [0.25, 0.3) is 0 Å². The van der Waals surface area contributed by atoms with Crippen molar-refractivity contribution in [3.63, 3.8) is 0 Å². The second kappa shape index (κ2) is 5.07. The largest absolute Gasteiger partial charge is 0.378 e. The fourth-order valence-corrected chi connectivity index (χ4v) is 2.46. The van der Waals surface area contributed by atoms with Crippen LogP contribution in [0.2, 0.25) is 0 Å². The highest BCUT2D eigenvalue weighted by Gasteiger charge is 2.34. The molecule has 0 aromatic carbocycles. The Morgan fingerprint density at radius 3 is 3.20 bits per heavy atom. The van der Waals surface area contributed by atoms with Crippen molar-refractivity contribution in [2.75, 3.05) is 26.9 Å². The zero-order valence-corrected chi connectivity index (χ0v) is 9.81. The second-order valence-electron chi connectivity index (χ2n) is 3.87. The summed E-state index contributed by atoms with van der Waals surface area (Å²) in [4.78, 5) is 1.36. The van der Waals surface area contributed by atoms with Crippen molar-refractivity contribution in [1.29, 1.82) is 0 Å². The first kappa shape index (κ1) is 11.1. The van der Waals surface area contributed by atoms with E-state index in [9.17, 15) is 0 Å². The Bertz CT molecular complexity index is 281. The van der Waals surface area contributed by atoms with E-state index in [4.69, 9.17) is 9.47 Å². The molecule has 0 amide bonds. The minimum absolute atomic E-state index is 0.0999. The predicted octanol–water partition coefficient (Wildman–Crippen LogP) is 1.64. The molecule has 4 heteroatoms. The summed E-state index contributed by atoms with van der Waals surface area (Å²) in [7, 11) is 1.77. The Morgan fingerprint density at radius 2 is 2.60 bits per heavy atom. The average molecular weight is 227 g/mol. The van der Waals surface area contributed by atoms with Crippen LogP contribution in [0.3, 0.4) is 0 Å². The molecule has 2 heterocycles. The zero-order chi connectivity index (χ0) is 10.6. The van der Waals surface area contributed by atoms with E-state index < -0.39 is 0 Å². The van der Waals surface area contributed by atoms with Crippen LogP contribution in [0.15, 0.2) is 17.5 Å².